The van der Waals surface area contributed by atoms with E-state index < -0.39 is 6.10 Å². The highest BCUT2D eigenvalue weighted by molar-refractivity contribution is 5.79. The van der Waals surface area contributed by atoms with E-state index in [4.69, 9.17) is 9.47 Å². The van der Waals surface area contributed by atoms with Gasteiger partial charge in [0.1, 0.15) is 11.5 Å². The van der Waals surface area contributed by atoms with Crippen LogP contribution in [0.5, 0.6) is 11.5 Å². The summed E-state index contributed by atoms with van der Waals surface area (Å²) in [6.07, 6.45) is 3.76. The molecule has 32 heavy (non-hydrogen) atoms. The summed E-state index contributed by atoms with van der Waals surface area (Å²) in [7, 11) is 3.17. The maximum atomic E-state index is 10.6. The quantitative estimate of drug-likeness (QED) is 0.334. The molecule has 0 spiro atoms. The zero-order chi connectivity index (χ0) is 22.8. The summed E-state index contributed by atoms with van der Waals surface area (Å²) < 4.78 is 12.4. The van der Waals surface area contributed by atoms with Crippen molar-refractivity contribution < 1.29 is 14.6 Å². The second-order valence-electron chi connectivity index (χ2n) is 7.18. The molecule has 1 aromatic heterocycles. The van der Waals surface area contributed by atoms with E-state index in [-0.39, 0.29) is 6.54 Å². The Morgan fingerprint density at radius 1 is 1.09 bits per heavy atom. The third-order valence-electron chi connectivity index (χ3n) is 4.94. The van der Waals surface area contributed by atoms with Gasteiger partial charge in [0, 0.05) is 31.5 Å². The summed E-state index contributed by atoms with van der Waals surface area (Å²) in [6, 6.07) is 15.6. The molecule has 1 heterocycles. The molecule has 0 saturated heterocycles. The highest BCUT2D eigenvalue weighted by Gasteiger charge is 2.11. The second kappa shape index (κ2) is 11.8. The van der Waals surface area contributed by atoms with Gasteiger partial charge in [-0.05, 0) is 54.8 Å². The molecule has 0 aliphatic carbocycles. The van der Waals surface area contributed by atoms with Crippen molar-refractivity contribution in [3.63, 3.8) is 0 Å². The van der Waals surface area contributed by atoms with Crippen LogP contribution < -0.4 is 20.1 Å². The number of benzene rings is 2. The summed E-state index contributed by atoms with van der Waals surface area (Å²) in [5.41, 5.74) is 2.94. The zero-order valence-electron chi connectivity index (χ0n) is 18.8. The summed E-state index contributed by atoms with van der Waals surface area (Å²) in [6.45, 7) is 3.67. The van der Waals surface area contributed by atoms with Crippen LogP contribution in [-0.2, 0) is 6.42 Å². The molecule has 0 radical (unpaired) electrons. The van der Waals surface area contributed by atoms with Gasteiger partial charge in [0.25, 0.3) is 0 Å². The number of aliphatic hydroxyl groups excluding tert-OH is 1. The molecule has 0 aliphatic rings. The van der Waals surface area contributed by atoms with Crippen molar-refractivity contribution in [2.75, 3.05) is 33.9 Å². The molecule has 0 amide bonds. The first-order chi connectivity index (χ1) is 15.6. The number of rotatable bonds is 10. The third kappa shape index (κ3) is 6.49. The van der Waals surface area contributed by atoms with Gasteiger partial charge in [-0.1, -0.05) is 12.1 Å². The average Bonchev–Trinajstić information content (AvgIpc) is 3.37. The number of hydrogen-bond acceptors (Lipinski definition) is 5. The topological polar surface area (TPSA) is 92.9 Å². The van der Waals surface area contributed by atoms with Crippen LogP contribution in [0.1, 0.15) is 24.2 Å². The van der Waals surface area contributed by atoms with Gasteiger partial charge in [-0.15, -0.1) is 0 Å². The number of aliphatic hydroxyl groups is 1. The number of guanidine groups is 1. The predicted octanol–water partition coefficient (Wildman–Crippen LogP) is 2.72. The van der Waals surface area contributed by atoms with Gasteiger partial charge < -0.3 is 25.2 Å². The molecule has 8 heteroatoms. The lowest BCUT2D eigenvalue weighted by Crippen LogP contribution is -2.38. The van der Waals surface area contributed by atoms with E-state index in [2.05, 4.69) is 45.0 Å². The van der Waals surface area contributed by atoms with Gasteiger partial charge in [-0.3, -0.25) is 4.99 Å². The van der Waals surface area contributed by atoms with E-state index in [1.165, 1.54) is 5.56 Å². The minimum absolute atomic E-state index is 0.213. The van der Waals surface area contributed by atoms with Gasteiger partial charge in [0.05, 0.1) is 32.6 Å². The van der Waals surface area contributed by atoms with Crippen molar-refractivity contribution >= 4 is 5.96 Å². The number of aromatic nitrogens is 2. The Kier molecular flexibility index (Phi) is 8.51. The van der Waals surface area contributed by atoms with Crippen molar-refractivity contribution in [3.8, 4) is 17.2 Å². The molecule has 1 unspecified atom stereocenters. The first kappa shape index (κ1) is 23.1. The maximum Gasteiger partial charge on any atom is 0.191 e. The van der Waals surface area contributed by atoms with Crippen LogP contribution in [0.4, 0.5) is 0 Å². The maximum absolute atomic E-state index is 10.6. The van der Waals surface area contributed by atoms with Crippen molar-refractivity contribution in [2.24, 2.45) is 4.99 Å². The van der Waals surface area contributed by atoms with Gasteiger partial charge in [0.2, 0.25) is 0 Å². The molecule has 0 bridgehead atoms. The minimum Gasteiger partial charge on any atom is -0.497 e. The monoisotopic (exact) mass is 437 g/mol. The summed E-state index contributed by atoms with van der Waals surface area (Å²) in [4.78, 5) is 4.53. The van der Waals surface area contributed by atoms with E-state index in [1.54, 1.807) is 38.6 Å². The molecule has 0 aliphatic heterocycles. The number of nitrogens with one attached hydrogen (secondary N) is 2. The second-order valence-corrected chi connectivity index (χ2v) is 7.18. The Balaban J connectivity index is 1.55. The first-order valence-electron chi connectivity index (χ1n) is 10.6. The Morgan fingerprint density at radius 2 is 1.81 bits per heavy atom. The molecule has 1 atom stereocenters. The zero-order valence-corrected chi connectivity index (χ0v) is 18.8. The Labute approximate surface area is 188 Å². The van der Waals surface area contributed by atoms with Gasteiger partial charge >= 0.3 is 0 Å². The predicted molar refractivity (Wildman–Crippen MR) is 126 cm³/mol. The number of nitrogens with zero attached hydrogens (tertiary/aromatic N) is 3. The lowest BCUT2D eigenvalue weighted by molar-refractivity contribution is 0.186. The van der Waals surface area contributed by atoms with E-state index in [1.807, 2.05) is 23.9 Å². The third-order valence-corrected chi connectivity index (χ3v) is 4.94. The summed E-state index contributed by atoms with van der Waals surface area (Å²) in [5, 5.41) is 21.4. The fourth-order valence-corrected chi connectivity index (χ4v) is 3.21. The van der Waals surface area contributed by atoms with Crippen LogP contribution in [0.3, 0.4) is 0 Å². The van der Waals surface area contributed by atoms with E-state index in [9.17, 15) is 5.11 Å². The number of methoxy groups -OCH3 is 2. The van der Waals surface area contributed by atoms with Gasteiger partial charge in [-0.2, -0.15) is 5.10 Å². The Hall–Kier alpha value is -3.52. The molecule has 3 N–H and O–H groups in total. The fraction of sp³-hybridized carbons (Fsp3) is 0.333. The van der Waals surface area contributed by atoms with Crippen molar-refractivity contribution in [2.45, 2.75) is 19.4 Å². The first-order valence-corrected chi connectivity index (χ1v) is 10.6. The molecule has 3 rings (SSSR count). The van der Waals surface area contributed by atoms with Crippen LogP contribution in [0.2, 0.25) is 0 Å². The van der Waals surface area contributed by atoms with Gasteiger partial charge in [0.15, 0.2) is 5.96 Å². The largest absolute Gasteiger partial charge is 0.497 e. The lowest BCUT2D eigenvalue weighted by atomic mass is 10.1. The highest BCUT2D eigenvalue weighted by atomic mass is 16.5. The number of hydrogen-bond donors (Lipinski definition) is 3. The normalized spacial score (nSPS) is 12.3. The molecular formula is C24H31N5O3. The molecule has 0 fully saturated rings. The molecule has 170 valence electrons. The van der Waals surface area contributed by atoms with E-state index >= 15 is 0 Å². The standard InChI is InChI=1S/C24H31N5O3/c1-4-25-24(27-17-23(30)19-14-21(31-2)16-22(15-19)32-3)26-12-10-18-6-8-20(9-7-18)29-13-5-11-28-29/h5-9,11,13-16,23,30H,4,10,12,17H2,1-3H3,(H2,25,26,27). The van der Waals surface area contributed by atoms with Crippen LogP contribution in [0.15, 0.2) is 65.9 Å². The summed E-state index contributed by atoms with van der Waals surface area (Å²) in [5.74, 6) is 1.92. The van der Waals surface area contributed by atoms with Crippen LogP contribution in [-0.4, -0.2) is 54.7 Å². The van der Waals surface area contributed by atoms with E-state index in [0.29, 0.717) is 23.0 Å². The molecule has 0 saturated carbocycles. The molecular weight excluding hydrogens is 406 g/mol. The van der Waals surface area contributed by atoms with Crippen LogP contribution in [0, 0.1) is 0 Å². The summed E-state index contributed by atoms with van der Waals surface area (Å²) >= 11 is 0. The Morgan fingerprint density at radius 3 is 2.41 bits per heavy atom. The van der Waals surface area contributed by atoms with Crippen molar-refractivity contribution in [3.05, 3.63) is 72.1 Å². The van der Waals surface area contributed by atoms with Crippen LogP contribution >= 0.6 is 0 Å². The van der Waals surface area contributed by atoms with Crippen molar-refractivity contribution in [1.82, 2.24) is 20.4 Å². The highest BCUT2D eigenvalue weighted by Crippen LogP contribution is 2.26. The van der Waals surface area contributed by atoms with Crippen LogP contribution in [0.25, 0.3) is 5.69 Å². The number of ether oxygens (including phenoxy) is 2. The number of aliphatic imine (C=N–C) groups is 1. The minimum atomic E-state index is -0.774. The fourth-order valence-electron chi connectivity index (χ4n) is 3.21. The Bertz CT molecular complexity index is 965. The van der Waals surface area contributed by atoms with E-state index in [0.717, 1.165) is 25.2 Å². The SMILES string of the molecule is CCNC(=NCC(O)c1cc(OC)cc(OC)c1)NCCc1ccc(-n2cccn2)cc1. The lowest BCUT2D eigenvalue weighted by Gasteiger charge is -2.15. The van der Waals surface area contributed by atoms with Crippen molar-refractivity contribution in [1.29, 1.82) is 0 Å². The molecule has 8 nitrogen and oxygen atoms in total. The molecule has 2 aromatic carbocycles. The molecule has 3 aromatic rings. The average molecular weight is 438 g/mol. The van der Waals surface area contributed by atoms with Gasteiger partial charge in [-0.25, -0.2) is 4.68 Å². The smallest absolute Gasteiger partial charge is 0.191 e.